The first-order chi connectivity index (χ1) is 11.7. The van der Waals surface area contributed by atoms with Gasteiger partial charge in [-0.15, -0.1) is 0 Å². The number of benzene rings is 2. The first-order valence-electron chi connectivity index (χ1n) is 6.84. The summed E-state index contributed by atoms with van der Waals surface area (Å²) in [6.07, 6.45) is -4.50. The number of methoxy groups -OCH3 is 1. The molecule has 25 heavy (non-hydrogen) atoms. The summed E-state index contributed by atoms with van der Waals surface area (Å²) in [5.41, 5.74) is -0.486. The van der Waals surface area contributed by atoms with Gasteiger partial charge < -0.3 is 10.1 Å². The van der Waals surface area contributed by atoms with Crippen LogP contribution in [0.2, 0.25) is 5.02 Å². The number of carbonyl (C=O) groups is 1. The topological polar surface area (TPSA) is 50.4 Å². The average Bonchev–Trinajstić information content (AvgIpc) is 2.55. The first kappa shape index (κ1) is 19.0. The predicted molar refractivity (Wildman–Crippen MR) is 93.1 cm³/mol. The normalized spacial score (nSPS) is 10.9. The van der Waals surface area contributed by atoms with E-state index >= 15 is 0 Å². The smallest absolute Gasteiger partial charge is 0.416 e. The Labute approximate surface area is 151 Å². The minimum absolute atomic E-state index is 0.113. The fourth-order valence-corrected chi connectivity index (χ4v) is 2.38. The molecule has 0 spiro atoms. The van der Waals surface area contributed by atoms with Crippen LogP contribution < -0.4 is 15.4 Å². The lowest BCUT2D eigenvalue weighted by Crippen LogP contribution is -2.34. The number of nitrogens with one attached hydrogen (secondary N) is 2. The van der Waals surface area contributed by atoms with Crippen LogP contribution in [0.4, 0.5) is 18.9 Å². The lowest BCUT2D eigenvalue weighted by atomic mass is 10.2. The number of halogens is 4. The highest BCUT2D eigenvalue weighted by Gasteiger charge is 2.31. The molecule has 0 aromatic heterocycles. The molecule has 2 aromatic rings. The van der Waals surface area contributed by atoms with Crippen molar-refractivity contribution in [2.75, 3.05) is 12.4 Å². The van der Waals surface area contributed by atoms with Crippen molar-refractivity contribution < 1.29 is 22.7 Å². The van der Waals surface area contributed by atoms with Crippen LogP contribution in [-0.2, 0) is 6.18 Å². The zero-order valence-electron chi connectivity index (χ0n) is 12.8. The Hall–Kier alpha value is -2.32. The molecule has 0 aliphatic rings. The zero-order chi connectivity index (χ0) is 18.6. The standard InChI is InChI=1S/C16H12ClF3N2O2S/c1-24-13-5-3-2-4-10(13)14(23)22-15(25)21-12-7-6-9(8-11(12)17)16(18,19)20/h2-8H,1H3,(H2,21,22,23,25). The van der Waals surface area contributed by atoms with Gasteiger partial charge in [0.15, 0.2) is 5.11 Å². The van der Waals surface area contributed by atoms with Gasteiger partial charge in [0, 0.05) is 0 Å². The van der Waals surface area contributed by atoms with Crippen LogP contribution in [0, 0.1) is 0 Å². The summed E-state index contributed by atoms with van der Waals surface area (Å²) >= 11 is 10.8. The Morgan fingerprint density at radius 1 is 1.20 bits per heavy atom. The van der Waals surface area contributed by atoms with Crippen molar-refractivity contribution in [1.82, 2.24) is 5.32 Å². The van der Waals surface area contributed by atoms with E-state index in [2.05, 4.69) is 10.6 Å². The lowest BCUT2D eigenvalue weighted by Gasteiger charge is -2.14. The Morgan fingerprint density at radius 3 is 2.48 bits per heavy atom. The molecule has 4 nitrogen and oxygen atoms in total. The second-order valence-electron chi connectivity index (χ2n) is 4.80. The van der Waals surface area contributed by atoms with E-state index in [1.165, 1.54) is 7.11 Å². The summed E-state index contributed by atoms with van der Waals surface area (Å²) < 4.78 is 42.9. The Kier molecular flexibility index (Phi) is 5.86. The number of carbonyl (C=O) groups excluding carboxylic acids is 1. The van der Waals surface area contributed by atoms with Gasteiger partial charge in [0.25, 0.3) is 5.91 Å². The number of hydrogen-bond donors (Lipinski definition) is 2. The SMILES string of the molecule is COc1ccccc1C(=O)NC(=S)Nc1ccc(C(F)(F)F)cc1Cl. The highest BCUT2D eigenvalue weighted by Crippen LogP contribution is 2.33. The molecule has 0 fully saturated rings. The molecular formula is C16H12ClF3N2O2S. The van der Waals surface area contributed by atoms with Gasteiger partial charge in [0.05, 0.1) is 28.9 Å². The Bertz CT molecular complexity index is 812. The van der Waals surface area contributed by atoms with Gasteiger partial charge in [0.1, 0.15) is 5.75 Å². The molecule has 0 heterocycles. The molecule has 2 aromatic carbocycles. The largest absolute Gasteiger partial charge is 0.496 e. The van der Waals surface area contributed by atoms with Crippen molar-refractivity contribution in [2.24, 2.45) is 0 Å². The van der Waals surface area contributed by atoms with E-state index in [4.69, 9.17) is 28.6 Å². The van der Waals surface area contributed by atoms with Gasteiger partial charge in [-0.1, -0.05) is 23.7 Å². The van der Waals surface area contributed by atoms with E-state index in [0.717, 1.165) is 18.2 Å². The molecule has 0 atom stereocenters. The van der Waals surface area contributed by atoms with Crippen molar-refractivity contribution >= 4 is 40.5 Å². The molecule has 0 saturated heterocycles. The second kappa shape index (κ2) is 7.71. The Balaban J connectivity index is 2.09. The number of alkyl halides is 3. The van der Waals surface area contributed by atoms with Gasteiger partial charge in [0.2, 0.25) is 0 Å². The second-order valence-corrected chi connectivity index (χ2v) is 5.62. The van der Waals surface area contributed by atoms with Gasteiger partial charge in [-0.05, 0) is 42.5 Å². The fraction of sp³-hybridized carbons (Fsp3) is 0.125. The van der Waals surface area contributed by atoms with Crippen LogP contribution in [0.1, 0.15) is 15.9 Å². The summed E-state index contributed by atoms with van der Waals surface area (Å²) in [6, 6.07) is 9.27. The highest BCUT2D eigenvalue weighted by molar-refractivity contribution is 7.80. The summed E-state index contributed by atoms with van der Waals surface area (Å²) in [6.45, 7) is 0. The van der Waals surface area contributed by atoms with E-state index in [1.807, 2.05) is 0 Å². The monoisotopic (exact) mass is 388 g/mol. The summed E-state index contributed by atoms with van der Waals surface area (Å²) in [5, 5.41) is 4.71. The van der Waals surface area contributed by atoms with E-state index in [0.29, 0.717) is 5.75 Å². The molecule has 0 unspecified atom stereocenters. The number of anilines is 1. The molecule has 132 valence electrons. The van der Waals surface area contributed by atoms with Crippen LogP contribution >= 0.6 is 23.8 Å². The van der Waals surface area contributed by atoms with Gasteiger partial charge in [-0.3, -0.25) is 10.1 Å². The molecule has 9 heteroatoms. The molecule has 0 aliphatic heterocycles. The first-order valence-corrected chi connectivity index (χ1v) is 7.63. The molecule has 0 saturated carbocycles. The van der Waals surface area contributed by atoms with E-state index in [1.54, 1.807) is 24.3 Å². The number of hydrogen-bond acceptors (Lipinski definition) is 3. The minimum atomic E-state index is -4.50. The molecule has 2 rings (SSSR count). The van der Waals surface area contributed by atoms with Crippen molar-refractivity contribution in [3.8, 4) is 5.75 Å². The van der Waals surface area contributed by atoms with E-state index in [9.17, 15) is 18.0 Å². The van der Waals surface area contributed by atoms with Crippen LogP contribution in [-0.4, -0.2) is 18.1 Å². The predicted octanol–water partition coefficient (Wildman–Crippen LogP) is 4.49. The quantitative estimate of drug-likeness (QED) is 0.760. The van der Waals surface area contributed by atoms with Crippen LogP contribution in [0.3, 0.4) is 0 Å². The lowest BCUT2D eigenvalue weighted by molar-refractivity contribution is -0.137. The maximum Gasteiger partial charge on any atom is 0.416 e. The molecular weight excluding hydrogens is 377 g/mol. The van der Waals surface area contributed by atoms with Gasteiger partial charge >= 0.3 is 6.18 Å². The van der Waals surface area contributed by atoms with Gasteiger partial charge in [-0.25, -0.2) is 0 Å². The molecule has 0 bridgehead atoms. The van der Waals surface area contributed by atoms with Crippen molar-refractivity contribution in [1.29, 1.82) is 0 Å². The molecule has 0 aliphatic carbocycles. The average molecular weight is 389 g/mol. The van der Waals surface area contributed by atoms with Crippen molar-refractivity contribution in [3.05, 3.63) is 58.6 Å². The molecule has 1 amide bonds. The fourth-order valence-electron chi connectivity index (χ4n) is 1.95. The van der Waals surface area contributed by atoms with Crippen molar-refractivity contribution in [2.45, 2.75) is 6.18 Å². The van der Waals surface area contributed by atoms with E-state index < -0.39 is 17.6 Å². The number of amides is 1. The number of para-hydroxylation sites is 1. The summed E-state index contributed by atoms with van der Waals surface area (Å²) in [7, 11) is 1.42. The third kappa shape index (κ3) is 4.83. The Morgan fingerprint density at radius 2 is 1.88 bits per heavy atom. The molecule has 2 N–H and O–H groups in total. The van der Waals surface area contributed by atoms with Crippen LogP contribution in [0.15, 0.2) is 42.5 Å². The highest BCUT2D eigenvalue weighted by atomic mass is 35.5. The van der Waals surface area contributed by atoms with Crippen molar-refractivity contribution in [3.63, 3.8) is 0 Å². The zero-order valence-corrected chi connectivity index (χ0v) is 14.4. The maximum absolute atomic E-state index is 12.6. The summed E-state index contributed by atoms with van der Waals surface area (Å²) in [5.74, 6) is -0.173. The minimum Gasteiger partial charge on any atom is -0.496 e. The maximum atomic E-state index is 12.6. The van der Waals surface area contributed by atoms with E-state index in [-0.39, 0.29) is 21.4 Å². The third-order valence-electron chi connectivity index (χ3n) is 3.12. The number of thiocarbonyl (C=S) groups is 1. The number of rotatable bonds is 3. The van der Waals surface area contributed by atoms with Gasteiger partial charge in [-0.2, -0.15) is 13.2 Å². The van der Waals surface area contributed by atoms with Crippen LogP contribution in [0.5, 0.6) is 5.75 Å². The third-order valence-corrected chi connectivity index (χ3v) is 3.64. The molecule has 0 radical (unpaired) electrons. The number of ether oxygens (including phenoxy) is 1. The summed E-state index contributed by atoms with van der Waals surface area (Å²) in [4.78, 5) is 12.2. The van der Waals surface area contributed by atoms with Crippen LogP contribution in [0.25, 0.3) is 0 Å².